The molecule has 0 aliphatic carbocycles. The van der Waals surface area contributed by atoms with Gasteiger partial charge in [0.25, 0.3) is 0 Å². The van der Waals surface area contributed by atoms with E-state index in [-0.39, 0.29) is 0 Å². The van der Waals surface area contributed by atoms with Crippen LogP contribution in [0.15, 0.2) is 22.7 Å². The number of likely N-dealkylation sites (N-methyl/N-ethyl adjacent to an activating group) is 1. The average molecular weight is 327 g/mol. The van der Waals surface area contributed by atoms with Gasteiger partial charge in [0.2, 0.25) is 0 Å². The lowest BCUT2D eigenvalue weighted by atomic mass is 10.1. The monoisotopic (exact) mass is 326 g/mol. The Bertz CT molecular complexity index is 405. The minimum atomic E-state index is 0.688. The van der Waals surface area contributed by atoms with Crippen LogP contribution in [0.3, 0.4) is 0 Å². The molecule has 1 atom stereocenters. The first kappa shape index (κ1) is 14.8. The lowest BCUT2D eigenvalue weighted by Gasteiger charge is -2.21. The number of hydrogen-bond donors (Lipinski definition) is 1. The third kappa shape index (κ3) is 4.48. The summed E-state index contributed by atoms with van der Waals surface area (Å²) in [5, 5.41) is 3.54. The van der Waals surface area contributed by atoms with Gasteiger partial charge in [-0.2, -0.15) is 0 Å². The van der Waals surface area contributed by atoms with Crippen LogP contribution in [0.1, 0.15) is 18.4 Å². The van der Waals surface area contributed by atoms with Crippen molar-refractivity contribution in [3.05, 3.63) is 28.2 Å². The zero-order valence-corrected chi connectivity index (χ0v) is 13.4. The van der Waals surface area contributed by atoms with Crippen molar-refractivity contribution in [1.29, 1.82) is 0 Å². The maximum atomic E-state index is 5.25. The molecule has 1 heterocycles. The van der Waals surface area contributed by atoms with Crippen LogP contribution in [0.2, 0.25) is 0 Å². The second kappa shape index (κ2) is 7.27. The molecule has 1 aliphatic rings. The molecule has 1 aliphatic heterocycles. The maximum absolute atomic E-state index is 5.25. The van der Waals surface area contributed by atoms with Crippen LogP contribution in [0.25, 0.3) is 0 Å². The van der Waals surface area contributed by atoms with E-state index in [1.54, 1.807) is 7.11 Å². The molecule has 1 unspecified atom stereocenters. The standard InChI is InChI=1S/C15H23BrN2O/c1-18(11-13-4-3-8-17-13)9-7-12-5-6-15(19-2)14(16)10-12/h5-6,10,13,17H,3-4,7-9,11H2,1-2H3. The number of hydrogen-bond acceptors (Lipinski definition) is 3. The second-order valence-corrected chi connectivity index (χ2v) is 6.13. The van der Waals surface area contributed by atoms with Gasteiger partial charge in [-0.15, -0.1) is 0 Å². The Morgan fingerprint density at radius 3 is 2.95 bits per heavy atom. The lowest BCUT2D eigenvalue weighted by molar-refractivity contribution is 0.303. The molecule has 1 saturated heterocycles. The van der Waals surface area contributed by atoms with Crippen molar-refractivity contribution >= 4 is 15.9 Å². The van der Waals surface area contributed by atoms with E-state index >= 15 is 0 Å². The third-order valence-corrected chi connectivity index (χ3v) is 4.31. The fourth-order valence-electron chi connectivity index (χ4n) is 2.57. The van der Waals surface area contributed by atoms with Crippen LogP contribution in [-0.2, 0) is 6.42 Å². The van der Waals surface area contributed by atoms with Crippen LogP contribution in [0, 0.1) is 0 Å². The molecule has 1 fully saturated rings. The highest BCUT2D eigenvalue weighted by atomic mass is 79.9. The van der Waals surface area contributed by atoms with Crippen molar-refractivity contribution in [2.24, 2.45) is 0 Å². The van der Waals surface area contributed by atoms with Crippen molar-refractivity contribution in [2.45, 2.75) is 25.3 Å². The molecular formula is C15H23BrN2O. The van der Waals surface area contributed by atoms with Crippen LogP contribution >= 0.6 is 15.9 Å². The van der Waals surface area contributed by atoms with Gasteiger partial charge in [-0.1, -0.05) is 6.07 Å². The van der Waals surface area contributed by atoms with E-state index in [9.17, 15) is 0 Å². The second-order valence-electron chi connectivity index (χ2n) is 5.27. The molecule has 0 spiro atoms. The molecule has 19 heavy (non-hydrogen) atoms. The Balaban J connectivity index is 1.79. The van der Waals surface area contributed by atoms with Gasteiger partial charge in [0, 0.05) is 19.1 Å². The van der Waals surface area contributed by atoms with E-state index in [1.165, 1.54) is 24.9 Å². The van der Waals surface area contributed by atoms with E-state index in [0.29, 0.717) is 6.04 Å². The highest BCUT2D eigenvalue weighted by Crippen LogP contribution is 2.25. The smallest absolute Gasteiger partial charge is 0.133 e. The quantitative estimate of drug-likeness (QED) is 0.869. The number of nitrogens with zero attached hydrogens (tertiary/aromatic N) is 1. The van der Waals surface area contributed by atoms with E-state index in [1.807, 2.05) is 6.07 Å². The predicted molar refractivity (Wildman–Crippen MR) is 82.9 cm³/mol. The summed E-state index contributed by atoms with van der Waals surface area (Å²) in [6, 6.07) is 7.01. The topological polar surface area (TPSA) is 24.5 Å². The van der Waals surface area contributed by atoms with Crippen molar-refractivity contribution in [2.75, 3.05) is 33.8 Å². The van der Waals surface area contributed by atoms with E-state index in [0.717, 1.165) is 29.7 Å². The Labute approximate surface area is 124 Å². The number of benzene rings is 1. The average Bonchev–Trinajstić information content (AvgIpc) is 2.89. The zero-order valence-electron chi connectivity index (χ0n) is 11.8. The number of methoxy groups -OCH3 is 1. The summed E-state index contributed by atoms with van der Waals surface area (Å²) in [4.78, 5) is 2.42. The summed E-state index contributed by atoms with van der Waals surface area (Å²) in [5.74, 6) is 0.896. The van der Waals surface area contributed by atoms with E-state index in [4.69, 9.17) is 4.74 Å². The molecule has 4 heteroatoms. The van der Waals surface area contributed by atoms with E-state index in [2.05, 4.69) is 45.3 Å². The minimum absolute atomic E-state index is 0.688. The largest absolute Gasteiger partial charge is 0.496 e. The van der Waals surface area contributed by atoms with Crippen molar-refractivity contribution in [3.8, 4) is 5.75 Å². The first-order valence-electron chi connectivity index (χ1n) is 6.93. The highest BCUT2D eigenvalue weighted by molar-refractivity contribution is 9.10. The molecule has 1 aromatic rings. The van der Waals surface area contributed by atoms with Crippen molar-refractivity contribution < 1.29 is 4.74 Å². The number of nitrogens with one attached hydrogen (secondary N) is 1. The SMILES string of the molecule is COc1ccc(CCN(C)CC2CCCN2)cc1Br. The molecule has 2 rings (SSSR count). The van der Waals surface area contributed by atoms with Crippen molar-refractivity contribution in [3.63, 3.8) is 0 Å². The van der Waals surface area contributed by atoms with Gasteiger partial charge < -0.3 is 15.0 Å². The summed E-state index contributed by atoms with van der Waals surface area (Å²) in [5.41, 5.74) is 1.35. The lowest BCUT2D eigenvalue weighted by Crippen LogP contribution is -2.36. The van der Waals surface area contributed by atoms with Gasteiger partial charge in [-0.25, -0.2) is 0 Å². The first-order valence-corrected chi connectivity index (χ1v) is 7.72. The van der Waals surface area contributed by atoms with Gasteiger partial charge >= 0.3 is 0 Å². The van der Waals surface area contributed by atoms with Crippen LogP contribution in [0.5, 0.6) is 5.75 Å². The van der Waals surface area contributed by atoms with Gasteiger partial charge in [-0.05, 0) is 66.5 Å². The Hall–Kier alpha value is -0.580. The molecule has 1 aromatic carbocycles. The highest BCUT2D eigenvalue weighted by Gasteiger charge is 2.15. The fraction of sp³-hybridized carbons (Fsp3) is 0.600. The fourth-order valence-corrected chi connectivity index (χ4v) is 3.15. The Morgan fingerprint density at radius 2 is 2.32 bits per heavy atom. The molecular weight excluding hydrogens is 304 g/mol. The van der Waals surface area contributed by atoms with E-state index < -0.39 is 0 Å². The first-order chi connectivity index (χ1) is 9.19. The summed E-state index contributed by atoms with van der Waals surface area (Å²) in [6.45, 7) is 3.43. The minimum Gasteiger partial charge on any atom is -0.496 e. The molecule has 0 bridgehead atoms. The molecule has 0 radical (unpaired) electrons. The number of ether oxygens (including phenoxy) is 1. The van der Waals surface area contributed by atoms with Crippen molar-refractivity contribution in [1.82, 2.24) is 10.2 Å². The van der Waals surface area contributed by atoms with Crippen LogP contribution < -0.4 is 10.1 Å². The molecule has 1 N–H and O–H groups in total. The normalized spacial score (nSPS) is 19.1. The summed E-state index contributed by atoms with van der Waals surface area (Å²) < 4.78 is 6.28. The molecule has 0 amide bonds. The molecule has 106 valence electrons. The Kier molecular flexibility index (Phi) is 5.67. The Morgan fingerprint density at radius 1 is 1.47 bits per heavy atom. The molecule has 0 aromatic heterocycles. The summed E-state index contributed by atoms with van der Waals surface area (Å²) in [6.07, 6.45) is 3.72. The molecule has 0 saturated carbocycles. The summed E-state index contributed by atoms with van der Waals surface area (Å²) >= 11 is 3.54. The maximum Gasteiger partial charge on any atom is 0.133 e. The summed E-state index contributed by atoms with van der Waals surface area (Å²) in [7, 11) is 3.90. The number of rotatable bonds is 6. The third-order valence-electron chi connectivity index (χ3n) is 3.69. The van der Waals surface area contributed by atoms with Crippen LogP contribution in [-0.4, -0.2) is 44.7 Å². The predicted octanol–water partition coefficient (Wildman–Crippen LogP) is 2.68. The number of halogens is 1. The van der Waals surface area contributed by atoms with Gasteiger partial charge in [0.15, 0.2) is 0 Å². The zero-order chi connectivity index (χ0) is 13.7. The molecule has 3 nitrogen and oxygen atoms in total. The van der Waals surface area contributed by atoms with Gasteiger partial charge in [0.05, 0.1) is 11.6 Å². The van der Waals surface area contributed by atoms with Gasteiger partial charge in [-0.3, -0.25) is 0 Å². The van der Waals surface area contributed by atoms with Crippen LogP contribution in [0.4, 0.5) is 0 Å². The van der Waals surface area contributed by atoms with Gasteiger partial charge in [0.1, 0.15) is 5.75 Å².